The van der Waals surface area contributed by atoms with Crippen LogP contribution in [0.3, 0.4) is 0 Å². The fraction of sp³-hybridized carbons (Fsp3) is 0. The van der Waals surface area contributed by atoms with Gasteiger partial charge in [-0.3, -0.25) is 9.13 Å². The summed E-state index contributed by atoms with van der Waals surface area (Å²) in [5.41, 5.74) is 23.3. The third-order valence-electron chi connectivity index (χ3n) is 20.5. The first kappa shape index (κ1) is 67.4. The summed E-state index contributed by atoms with van der Waals surface area (Å²) >= 11 is 0. The van der Waals surface area contributed by atoms with Gasteiger partial charge in [0.15, 0.2) is 23.3 Å². The highest BCUT2D eigenvalue weighted by Crippen LogP contribution is 2.43. The van der Waals surface area contributed by atoms with Crippen LogP contribution in [0.4, 0.5) is 34.1 Å². The summed E-state index contributed by atoms with van der Waals surface area (Å²) in [5, 5.41) is 4.62. The monoisotopic (exact) mass is 1430 g/mol. The molecule has 10 nitrogen and oxygen atoms in total. The first-order chi connectivity index (χ1) is 55.5. The van der Waals surface area contributed by atoms with Crippen molar-refractivity contribution in [2.45, 2.75) is 0 Å². The molecule has 0 spiro atoms. The fourth-order valence-electron chi connectivity index (χ4n) is 15.2. The molecule has 4 aromatic heterocycles. The summed E-state index contributed by atoms with van der Waals surface area (Å²) in [7, 11) is 0. The van der Waals surface area contributed by atoms with Crippen molar-refractivity contribution in [1.82, 2.24) is 39.0 Å². The Kier molecular flexibility index (Phi) is 18.1. The molecule has 0 aliphatic rings. The summed E-state index contributed by atoms with van der Waals surface area (Å²) in [6, 6.07) is 148. The fourth-order valence-corrected chi connectivity index (χ4v) is 15.2. The van der Waals surface area contributed by atoms with E-state index < -0.39 is 0 Å². The molecule has 0 atom stereocenters. The predicted octanol–water partition coefficient (Wildman–Crippen LogP) is 26.2. The molecule has 528 valence electrons. The summed E-state index contributed by atoms with van der Waals surface area (Å²) in [6.45, 7) is 0. The minimum absolute atomic E-state index is 0.573. The summed E-state index contributed by atoms with van der Waals surface area (Å²) in [5.74, 6) is 3.59. The van der Waals surface area contributed by atoms with Crippen LogP contribution >= 0.6 is 0 Å². The van der Waals surface area contributed by atoms with Gasteiger partial charge in [0.1, 0.15) is 0 Å². The van der Waals surface area contributed by atoms with E-state index in [-0.39, 0.29) is 0 Å². The maximum atomic E-state index is 5.21. The maximum absolute atomic E-state index is 5.21. The van der Waals surface area contributed by atoms with E-state index >= 15 is 0 Å². The molecule has 0 saturated heterocycles. The first-order valence-electron chi connectivity index (χ1n) is 37.6. The SMILES string of the molecule is c1ccc(-c2cccc(-c3nc(-c4ccc(-c5cccc(N(c6ccccc6)c6ccccc6)c5)cc4)nc(-n4c5ccccc5c5ccccc54)n3)c2)cc1.c1ccc(-c2cccc(-c3nc(-c4ccc(-c5ccccc5N(c5ccccc5)c5ccccc5)cc4)nc(-n4c5ccccc5c5ccccc54)n3)c2)cc1. The van der Waals surface area contributed by atoms with E-state index in [2.05, 4.69) is 419 Å². The van der Waals surface area contributed by atoms with Crippen LogP contribution < -0.4 is 9.80 Å². The van der Waals surface area contributed by atoms with Gasteiger partial charge in [0.05, 0.1) is 27.8 Å². The van der Waals surface area contributed by atoms with E-state index in [1.165, 1.54) is 0 Å². The molecule has 10 heteroatoms. The van der Waals surface area contributed by atoms with Crippen LogP contribution in [-0.2, 0) is 0 Å². The normalized spacial score (nSPS) is 11.2. The second-order valence-electron chi connectivity index (χ2n) is 27.4. The maximum Gasteiger partial charge on any atom is 0.238 e. The van der Waals surface area contributed by atoms with Gasteiger partial charge in [-0.1, -0.05) is 322 Å². The number of fused-ring (bicyclic) bond motifs is 6. The molecule has 0 unspecified atom stereocenters. The van der Waals surface area contributed by atoms with Crippen LogP contribution in [0.2, 0.25) is 0 Å². The molecule has 0 aliphatic heterocycles. The van der Waals surface area contributed by atoms with Crippen molar-refractivity contribution in [1.29, 1.82) is 0 Å². The number of anilines is 6. The van der Waals surface area contributed by atoms with Crippen LogP contribution in [0, 0.1) is 0 Å². The second-order valence-corrected chi connectivity index (χ2v) is 27.4. The van der Waals surface area contributed by atoms with Gasteiger partial charge < -0.3 is 9.80 Å². The number of para-hydroxylation sites is 9. The molecule has 4 heterocycles. The Balaban J connectivity index is 0.000000151. The predicted molar refractivity (Wildman–Crippen MR) is 461 cm³/mol. The standard InChI is InChI=1S/2C51H35N5/c1-4-17-36(18-5-1)39-19-16-20-40(35-39)50-52-49(53-51(54-50)56-47-29-14-11-26-44(47)45-27-12-15-30-48(45)56)38-33-31-37(32-34-38)43-25-10-13-28-46(43)55(41-21-6-2-7-22-41)42-23-8-3-9-24-42;1-4-16-36(17-5-1)39-18-14-20-41(34-39)50-52-49(53-51(54-50)56-47-28-12-10-26-45(47)46-27-11-13-29-48(46)56)38-32-30-37(31-33-38)40-19-15-25-44(35-40)55(42-21-6-2-7-22-42)43-23-8-3-9-24-43/h2*1-35H. The number of benzene rings is 16. The molecule has 16 aromatic carbocycles. The quantitative estimate of drug-likeness (QED) is 0.0944. The van der Waals surface area contributed by atoms with Crippen LogP contribution in [0.25, 0.3) is 146 Å². The van der Waals surface area contributed by atoms with Gasteiger partial charge in [-0.25, -0.2) is 9.97 Å². The second kappa shape index (κ2) is 30.2. The Labute approximate surface area is 649 Å². The van der Waals surface area contributed by atoms with Crippen molar-refractivity contribution in [2.75, 3.05) is 9.80 Å². The van der Waals surface area contributed by atoms with E-state index in [4.69, 9.17) is 29.9 Å². The highest BCUT2D eigenvalue weighted by atomic mass is 15.2. The molecular formula is C102H70N10. The van der Waals surface area contributed by atoms with Gasteiger partial charge in [0.2, 0.25) is 11.9 Å². The molecule has 0 N–H and O–H groups in total. The molecule has 0 amide bonds. The number of aromatic nitrogens is 8. The molecule has 0 bridgehead atoms. The van der Waals surface area contributed by atoms with Crippen molar-refractivity contribution < 1.29 is 0 Å². The van der Waals surface area contributed by atoms with Gasteiger partial charge in [-0.05, 0) is 142 Å². The lowest BCUT2D eigenvalue weighted by atomic mass is 10.00. The zero-order valence-corrected chi connectivity index (χ0v) is 60.9. The van der Waals surface area contributed by atoms with E-state index in [0.717, 1.165) is 144 Å². The van der Waals surface area contributed by atoms with Crippen LogP contribution in [0.5, 0.6) is 0 Å². The van der Waals surface area contributed by atoms with Crippen molar-refractivity contribution >= 4 is 77.7 Å². The minimum Gasteiger partial charge on any atom is -0.310 e. The Morgan fingerprint density at radius 1 is 0.170 bits per heavy atom. The lowest BCUT2D eigenvalue weighted by Gasteiger charge is -2.27. The zero-order chi connectivity index (χ0) is 74.5. The molecule has 20 aromatic rings. The van der Waals surface area contributed by atoms with E-state index in [1.807, 2.05) is 24.3 Å². The summed E-state index contributed by atoms with van der Waals surface area (Å²) in [6.07, 6.45) is 0. The van der Waals surface area contributed by atoms with Gasteiger partial charge in [0, 0.05) is 77.8 Å². The molecular weight excluding hydrogens is 1370 g/mol. The number of rotatable bonds is 16. The Morgan fingerprint density at radius 2 is 0.438 bits per heavy atom. The van der Waals surface area contributed by atoms with Crippen LogP contribution in [0.1, 0.15) is 0 Å². The topological polar surface area (TPSA) is 93.7 Å². The third-order valence-corrected chi connectivity index (χ3v) is 20.5. The van der Waals surface area contributed by atoms with E-state index in [9.17, 15) is 0 Å². The highest BCUT2D eigenvalue weighted by molar-refractivity contribution is 6.10. The molecule has 0 radical (unpaired) electrons. The lowest BCUT2D eigenvalue weighted by molar-refractivity contribution is 0.953. The van der Waals surface area contributed by atoms with Crippen LogP contribution in [0.15, 0.2) is 425 Å². The Bertz CT molecular complexity index is 6550. The molecule has 20 rings (SSSR count). The van der Waals surface area contributed by atoms with Gasteiger partial charge in [-0.2, -0.15) is 19.9 Å². The van der Waals surface area contributed by atoms with Crippen molar-refractivity contribution in [3.8, 4) is 102 Å². The minimum atomic E-state index is 0.573. The zero-order valence-electron chi connectivity index (χ0n) is 60.9. The van der Waals surface area contributed by atoms with Gasteiger partial charge >= 0.3 is 0 Å². The average molecular weight is 1440 g/mol. The average Bonchev–Trinajstić information content (AvgIpc) is 1.69. The number of hydrogen-bond acceptors (Lipinski definition) is 8. The molecule has 0 saturated carbocycles. The summed E-state index contributed by atoms with van der Waals surface area (Å²) < 4.78 is 4.32. The Hall–Kier alpha value is -15.3. The Morgan fingerprint density at radius 3 is 0.839 bits per heavy atom. The van der Waals surface area contributed by atoms with Crippen molar-refractivity contribution in [3.05, 3.63) is 425 Å². The number of nitrogens with zero attached hydrogens (tertiary/aromatic N) is 10. The van der Waals surface area contributed by atoms with E-state index in [0.29, 0.717) is 35.2 Å². The third kappa shape index (κ3) is 13.3. The molecule has 112 heavy (non-hydrogen) atoms. The van der Waals surface area contributed by atoms with Crippen molar-refractivity contribution in [3.63, 3.8) is 0 Å². The van der Waals surface area contributed by atoms with Gasteiger partial charge in [0.25, 0.3) is 0 Å². The molecule has 0 fully saturated rings. The largest absolute Gasteiger partial charge is 0.310 e. The van der Waals surface area contributed by atoms with Crippen molar-refractivity contribution in [2.24, 2.45) is 0 Å². The van der Waals surface area contributed by atoms with Gasteiger partial charge in [-0.15, -0.1) is 0 Å². The van der Waals surface area contributed by atoms with Crippen LogP contribution in [-0.4, -0.2) is 39.0 Å². The smallest absolute Gasteiger partial charge is 0.238 e. The summed E-state index contributed by atoms with van der Waals surface area (Å²) in [4.78, 5) is 35.7. The number of hydrogen-bond donors (Lipinski definition) is 0. The first-order valence-corrected chi connectivity index (χ1v) is 37.6. The molecule has 0 aliphatic carbocycles. The lowest BCUT2D eigenvalue weighted by Crippen LogP contribution is -2.10. The highest BCUT2D eigenvalue weighted by Gasteiger charge is 2.23. The van der Waals surface area contributed by atoms with E-state index in [1.54, 1.807) is 0 Å².